The molecule has 2 aromatic heterocycles. The summed E-state index contributed by atoms with van der Waals surface area (Å²) in [4.78, 5) is 3.81. The summed E-state index contributed by atoms with van der Waals surface area (Å²) in [6.07, 6.45) is -4.15. The molecule has 2 aromatic rings. The summed E-state index contributed by atoms with van der Waals surface area (Å²) in [5.41, 5.74) is -0.0238. The lowest BCUT2D eigenvalue weighted by atomic mass is 10.1. The number of hydrogen-bond donors (Lipinski definition) is 0. The molecule has 0 amide bonds. The van der Waals surface area contributed by atoms with E-state index >= 15 is 0 Å². The Morgan fingerprint density at radius 2 is 2.18 bits per heavy atom. The van der Waals surface area contributed by atoms with Crippen LogP contribution >= 0.6 is 22.9 Å². The fraction of sp³-hybridized carbons (Fsp3) is 0.200. The molecule has 0 spiro atoms. The van der Waals surface area contributed by atoms with Gasteiger partial charge in [0.25, 0.3) is 0 Å². The molecule has 0 N–H and O–H groups in total. The predicted molar refractivity (Wildman–Crippen MR) is 59.1 cm³/mol. The lowest BCUT2D eigenvalue weighted by Gasteiger charge is -2.05. The Morgan fingerprint density at radius 1 is 1.47 bits per heavy atom. The molecule has 0 aromatic carbocycles. The van der Waals surface area contributed by atoms with Gasteiger partial charge in [-0.15, -0.1) is 11.3 Å². The van der Waals surface area contributed by atoms with Crippen LogP contribution in [0.1, 0.15) is 10.4 Å². The maximum Gasteiger partial charge on any atom is 0.393 e. The van der Waals surface area contributed by atoms with E-state index in [1.807, 2.05) is 0 Å². The molecule has 0 saturated heterocycles. The summed E-state index contributed by atoms with van der Waals surface area (Å²) < 4.78 is 37.7. The molecule has 17 heavy (non-hydrogen) atoms. The van der Waals surface area contributed by atoms with E-state index in [0.29, 0.717) is 10.1 Å². The van der Waals surface area contributed by atoms with E-state index in [2.05, 4.69) is 4.98 Å². The number of nitrogens with zero attached hydrogens (tertiary/aromatic N) is 2. The first-order valence-electron chi connectivity index (χ1n) is 4.45. The van der Waals surface area contributed by atoms with Crippen LogP contribution in [0.15, 0.2) is 12.3 Å². The van der Waals surface area contributed by atoms with Crippen LogP contribution in [0.25, 0.3) is 10.1 Å². The Morgan fingerprint density at radius 3 is 2.76 bits per heavy atom. The number of aromatic nitrogens is 1. The SMILES string of the molecule is N#Cc1sc2c(Cl)nccc2c1CC(F)(F)F. The topological polar surface area (TPSA) is 36.7 Å². The maximum atomic E-state index is 12.4. The highest BCUT2D eigenvalue weighted by molar-refractivity contribution is 7.20. The summed E-state index contributed by atoms with van der Waals surface area (Å²) in [6.45, 7) is 0. The zero-order chi connectivity index (χ0) is 12.6. The zero-order valence-electron chi connectivity index (χ0n) is 8.18. The number of nitriles is 1. The third-order valence-corrected chi connectivity index (χ3v) is 3.70. The highest BCUT2D eigenvalue weighted by Crippen LogP contribution is 2.37. The Balaban J connectivity index is 2.68. The van der Waals surface area contributed by atoms with E-state index in [-0.39, 0.29) is 15.6 Å². The minimum atomic E-state index is -4.35. The van der Waals surface area contributed by atoms with Crippen molar-refractivity contribution in [3.63, 3.8) is 0 Å². The first-order valence-corrected chi connectivity index (χ1v) is 5.64. The lowest BCUT2D eigenvalue weighted by molar-refractivity contribution is -0.126. The van der Waals surface area contributed by atoms with Crippen LogP contribution in [-0.4, -0.2) is 11.2 Å². The number of rotatable bonds is 1. The van der Waals surface area contributed by atoms with Crippen molar-refractivity contribution in [1.82, 2.24) is 4.98 Å². The van der Waals surface area contributed by atoms with Crippen LogP contribution < -0.4 is 0 Å². The fourth-order valence-electron chi connectivity index (χ4n) is 1.51. The van der Waals surface area contributed by atoms with Crippen molar-refractivity contribution in [2.45, 2.75) is 12.6 Å². The third-order valence-electron chi connectivity index (χ3n) is 2.14. The Labute approximate surface area is 103 Å². The van der Waals surface area contributed by atoms with E-state index in [0.717, 1.165) is 11.3 Å². The highest BCUT2D eigenvalue weighted by atomic mass is 35.5. The molecule has 0 saturated carbocycles. The molecule has 0 bridgehead atoms. The first kappa shape index (κ1) is 12.1. The Bertz CT molecular complexity index is 612. The second-order valence-corrected chi connectivity index (χ2v) is 4.67. The Kier molecular flexibility index (Phi) is 2.98. The molecule has 2 rings (SSSR count). The van der Waals surface area contributed by atoms with Gasteiger partial charge in [-0.05, 0) is 11.6 Å². The standard InChI is InChI=1S/C10H4ClF3N2S/c11-9-8-5(1-2-16-9)6(3-10(12,13)14)7(4-15)17-8/h1-2H,3H2. The highest BCUT2D eigenvalue weighted by Gasteiger charge is 2.31. The number of alkyl halides is 3. The van der Waals surface area contributed by atoms with Crippen LogP contribution in [0, 0.1) is 11.3 Å². The van der Waals surface area contributed by atoms with Crippen LogP contribution in [0.5, 0.6) is 0 Å². The van der Waals surface area contributed by atoms with E-state index in [9.17, 15) is 13.2 Å². The molecule has 7 heteroatoms. The molecular formula is C10H4ClF3N2S. The van der Waals surface area contributed by atoms with Gasteiger partial charge >= 0.3 is 6.18 Å². The van der Waals surface area contributed by atoms with Gasteiger partial charge in [-0.3, -0.25) is 0 Å². The van der Waals surface area contributed by atoms with E-state index < -0.39 is 12.6 Å². The van der Waals surface area contributed by atoms with Crippen molar-refractivity contribution in [3.8, 4) is 6.07 Å². The van der Waals surface area contributed by atoms with Gasteiger partial charge in [0.1, 0.15) is 16.1 Å². The lowest BCUT2D eigenvalue weighted by Crippen LogP contribution is -2.11. The average Bonchev–Trinajstić information content (AvgIpc) is 2.56. The Hall–Kier alpha value is -1.32. The van der Waals surface area contributed by atoms with Gasteiger partial charge in [0.2, 0.25) is 0 Å². The average molecular weight is 277 g/mol. The minimum absolute atomic E-state index is 0.0238. The van der Waals surface area contributed by atoms with Crippen LogP contribution in [0.4, 0.5) is 13.2 Å². The molecule has 2 nitrogen and oxygen atoms in total. The second kappa shape index (κ2) is 4.17. The summed E-state index contributed by atoms with van der Waals surface area (Å²) in [5, 5.41) is 9.31. The van der Waals surface area contributed by atoms with Crippen molar-refractivity contribution >= 4 is 33.0 Å². The molecule has 0 unspecified atom stereocenters. The molecule has 0 radical (unpaired) electrons. The van der Waals surface area contributed by atoms with Crippen molar-refractivity contribution < 1.29 is 13.2 Å². The summed E-state index contributed by atoms with van der Waals surface area (Å²) >= 11 is 6.71. The van der Waals surface area contributed by atoms with Gasteiger partial charge in [0.05, 0.1) is 11.1 Å². The predicted octanol–water partition coefficient (Wildman–Crippen LogP) is 3.93. The molecule has 0 aliphatic rings. The number of thiophene rings is 1. The normalized spacial score (nSPS) is 11.7. The molecule has 0 aliphatic carbocycles. The summed E-state index contributed by atoms with van der Waals surface area (Å²) in [6, 6.07) is 3.21. The quantitative estimate of drug-likeness (QED) is 0.740. The smallest absolute Gasteiger partial charge is 0.243 e. The number of halogens is 4. The van der Waals surface area contributed by atoms with Crippen LogP contribution in [0.3, 0.4) is 0 Å². The number of pyridine rings is 1. The van der Waals surface area contributed by atoms with E-state index in [1.165, 1.54) is 12.3 Å². The third kappa shape index (κ3) is 2.35. The van der Waals surface area contributed by atoms with Crippen molar-refractivity contribution in [2.24, 2.45) is 0 Å². The van der Waals surface area contributed by atoms with Gasteiger partial charge in [-0.2, -0.15) is 18.4 Å². The van der Waals surface area contributed by atoms with Crippen LogP contribution in [0.2, 0.25) is 5.15 Å². The van der Waals surface area contributed by atoms with Gasteiger partial charge < -0.3 is 0 Å². The summed E-state index contributed by atoms with van der Waals surface area (Å²) in [5.74, 6) is 0. The van der Waals surface area contributed by atoms with Crippen molar-refractivity contribution in [2.75, 3.05) is 0 Å². The first-order chi connectivity index (χ1) is 7.92. The van der Waals surface area contributed by atoms with Gasteiger partial charge in [-0.25, -0.2) is 4.98 Å². The molecule has 0 atom stereocenters. The molecule has 0 fully saturated rings. The number of hydrogen-bond acceptors (Lipinski definition) is 3. The van der Waals surface area contributed by atoms with Crippen molar-refractivity contribution in [1.29, 1.82) is 5.26 Å². The largest absolute Gasteiger partial charge is 0.393 e. The maximum absolute atomic E-state index is 12.4. The molecule has 0 aliphatic heterocycles. The molecular weight excluding hydrogens is 273 g/mol. The fourth-order valence-corrected chi connectivity index (χ4v) is 2.78. The van der Waals surface area contributed by atoms with E-state index in [1.54, 1.807) is 6.07 Å². The summed E-state index contributed by atoms with van der Waals surface area (Å²) in [7, 11) is 0. The second-order valence-electron chi connectivity index (χ2n) is 3.29. The molecule has 88 valence electrons. The van der Waals surface area contributed by atoms with Crippen LogP contribution in [-0.2, 0) is 6.42 Å². The van der Waals surface area contributed by atoms with Gasteiger partial charge in [0, 0.05) is 11.6 Å². The van der Waals surface area contributed by atoms with E-state index in [4.69, 9.17) is 16.9 Å². The van der Waals surface area contributed by atoms with Gasteiger partial charge in [-0.1, -0.05) is 11.6 Å². The number of fused-ring (bicyclic) bond motifs is 1. The van der Waals surface area contributed by atoms with Gasteiger partial charge in [0.15, 0.2) is 0 Å². The zero-order valence-corrected chi connectivity index (χ0v) is 9.75. The molecule has 2 heterocycles. The monoisotopic (exact) mass is 276 g/mol. The van der Waals surface area contributed by atoms with Crippen molar-refractivity contribution in [3.05, 3.63) is 27.9 Å². The minimum Gasteiger partial charge on any atom is -0.243 e.